The molecule has 7 heteroatoms. The van der Waals surface area contributed by atoms with Gasteiger partial charge in [0.05, 0.1) is 4.90 Å². The van der Waals surface area contributed by atoms with Crippen LogP contribution < -0.4 is 4.72 Å². The van der Waals surface area contributed by atoms with Crippen LogP contribution in [0.2, 0.25) is 0 Å². The first-order chi connectivity index (χ1) is 9.42. The van der Waals surface area contributed by atoms with E-state index in [1.165, 1.54) is 17.8 Å². The molecule has 0 bridgehead atoms. The maximum Gasteiger partial charge on any atom is 0.321 e. The molecule has 0 aromatic heterocycles. The molecular weight excluding hydrogens is 298 g/mol. The molecule has 112 valence electrons. The lowest BCUT2D eigenvalue weighted by atomic mass is 10.1. The first-order valence-electron chi connectivity index (χ1n) is 6.30. The predicted octanol–water partition coefficient (Wildman–Crippen LogP) is 2.33. The molecule has 0 radical (unpaired) electrons. The van der Waals surface area contributed by atoms with Gasteiger partial charge in [-0.15, -0.1) is 11.8 Å². The molecule has 20 heavy (non-hydrogen) atoms. The van der Waals surface area contributed by atoms with Crippen molar-refractivity contribution in [3.05, 3.63) is 24.3 Å². The lowest BCUT2D eigenvalue weighted by molar-refractivity contribution is -0.139. The summed E-state index contributed by atoms with van der Waals surface area (Å²) in [4.78, 5) is 11.9. The Morgan fingerprint density at radius 2 is 2.05 bits per heavy atom. The van der Waals surface area contributed by atoms with E-state index >= 15 is 0 Å². The van der Waals surface area contributed by atoms with Crippen LogP contribution in [0.4, 0.5) is 0 Å². The number of nitrogens with one attached hydrogen (secondary N) is 1. The van der Waals surface area contributed by atoms with Crippen LogP contribution in [0, 0.1) is 0 Å². The molecule has 0 fully saturated rings. The Bertz CT molecular complexity index is 557. The van der Waals surface area contributed by atoms with E-state index in [-0.39, 0.29) is 11.3 Å². The third kappa shape index (κ3) is 4.50. The lowest BCUT2D eigenvalue weighted by Gasteiger charge is -2.15. The van der Waals surface area contributed by atoms with Gasteiger partial charge in [-0.25, -0.2) is 8.42 Å². The van der Waals surface area contributed by atoms with E-state index in [4.69, 9.17) is 5.11 Å². The minimum atomic E-state index is -3.83. The molecule has 5 nitrogen and oxygen atoms in total. The Hall–Kier alpha value is -1.05. The van der Waals surface area contributed by atoms with Gasteiger partial charge in [-0.1, -0.05) is 31.9 Å². The number of hydrogen-bond donors (Lipinski definition) is 2. The fourth-order valence-electron chi connectivity index (χ4n) is 1.73. The number of rotatable bonds is 8. The van der Waals surface area contributed by atoms with Crippen molar-refractivity contribution in [2.45, 2.75) is 42.0 Å². The predicted molar refractivity (Wildman–Crippen MR) is 79.5 cm³/mol. The van der Waals surface area contributed by atoms with Gasteiger partial charge in [0.2, 0.25) is 10.0 Å². The van der Waals surface area contributed by atoms with Gasteiger partial charge < -0.3 is 5.11 Å². The summed E-state index contributed by atoms with van der Waals surface area (Å²) in [6.45, 7) is 1.93. The van der Waals surface area contributed by atoms with Crippen molar-refractivity contribution >= 4 is 27.8 Å². The van der Waals surface area contributed by atoms with E-state index < -0.39 is 22.0 Å². The van der Waals surface area contributed by atoms with Gasteiger partial charge in [0.15, 0.2) is 0 Å². The number of carbonyl (C=O) groups is 1. The zero-order valence-electron chi connectivity index (χ0n) is 11.5. The summed E-state index contributed by atoms with van der Waals surface area (Å²) < 4.78 is 26.9. The van der Waals surface area contributed by atoms with E-state index in [1.807, 2.05) is 6.92 Å². The Morgan fingerprint density at radius 3 is 2.60 bits per heavy atom. The van der Waals surface area contributed by atoms with Crippen molar-refractivity contribution in [2.75, 3.05) is 6.26 Å². The van der Waals surface area contributed by atoms with Crippen LogP contribution in [0.25, 0.3) is 0 Å². The highest BCUT2D eigenvalue weighted by molar-refractivity contribution is 7.99. The van der Waals surface area contributed by atoms with Crippen molar-refractivity contribution in [3.63, 3.8) is 0 Å². The Labute approximate surface area is 123 Å². The van der Waals surface area contributed by atoms with E-state index in [9.17, 15) is 13.2 Å². The highest BCUT2D eigenvalue weighted by atomic mass is 32.2. The van der Waals surface area contributed by atoms with Crippen LogP contribution in [0.3, 0.4) is 0 Å². The molecule has 0 heterocycles. The van der Waals surface area contributed by atoms with Gasteiger partial charge in [-0.05, 0) is 24.8 Å². The highest BCUT2D eigenvalue weighted by Gasteiger charge is 2.26. The van der Waals surface area contributed by atoms with Crippen LogP contribution in [0.15, 0.2) is 34.1 Å². The lowest BCUT2D eigenvalue weighted by Crippen LogP contribution is -2.40. The largest absolute Gasteiger partial charge is 0.480 e. The van der Waals surface area contributed by atoms with Crippen LogP contribution in [0.5, 0.6) is 0 Å². The quantitative estimate of drug-likeness (QED) is 0.719. The van der Waals surface area contributed by atoms with Crippen molar-refractivity contribution in [1.29, 1.82) is 0 Å². The Balaban J connectivity index is 3.00. The minimum absolute atomic E-state index is 0.121. The van der Waals surface area contributed by atoms with E-state index in [0.717, 1.165) is 6.42 Å². The molecule has 0 aliphatic heterocycles. The molecule has 0 spiro atoms. The first kappa shape index (κ1) is 17.0. The number of hydrogen-bond acceptors (Lipinski definition) is 4. The Kier molecular flexibility index (Phi) is 6.51. The second-order valence-corrected chi connectivity index (χ2v) is 6.84. The summed E-state index contributed by atoms with van der Waals surface area (Å²) in [5.74, 6) is -1.15. The second-order valence-electron chi connectivity index (χ2n) is 4.31. The van der Waals surface area contributed by atoms with Gasteiger partial charge in [0.25, 0.3) is 0 Å². The number of sulfonamides is 1. The van der Waals surface area contributed by atoms with Gasteiger partial charge in [0.1, 0.15) is 6.04 Å². The molecule has 0 saturated heterocycles. The van der Waals surface area contributed by atoms with Gasteiger partial charge in [-0.2, -0.15) is 4.72 Å². The monoisotopic (exact) mass is 317 g/mol. The van der Waals surface area contributed by atoms with Crippen molar-refractivity contribution in [1.82, 2.24) is 4.72 Å². The Morgan fingerprint density at radius 1 is 1.40 bits per heavy atom. The maximum absolute atomic E-state index is 12.3. The summed E-state index contributed by atoms with van der Waals surface area (Å²) in [6, 6.07) is 5.45. The average Bonchev–Trinajstić information content (AvgIpc) is 2.43. The topological polar surface area (TPSA) is 83.5 Å². The van der Waals surface area contributed by atoms with E-state index in [2.05, 4.69) is 4.72 Å². The minimum Gasteiger partial charge on any atom is -0.480 e. The number of aliphatic carboxylic acids is 1. The number of carboxylic acid groups (broad SMARTS) is 1. The number of unbranched alkanes of at least 4 members (excludes halogenated alkanes) is 1. The fourth-order valence-corrected chi connectivity index (χ4v) is 4.11. The molecule has 1 unspecified atom stereocenters. The first-order valence-corrected chi connectivity index (χ1v) is 9.01. The van der Waals surface area contributed by atoms with Gasteiger partial charge in [0, 0.05) is 4.90 Å². The third-order valence-corrected chi connectivity index (χ3v) is 5.26. The highest BCUT2D eigenvalue weighted by Crippen LogP contribution is 2.24. The third-order valence-electron chi connectivity index (χ3n) is 2.80. The molecule has 1 atom stereocenters. The van der Waals surface area contributed by atoms with Crippen LogP contribution in [-0.2, 0) is 14.8 Å². The summed E-state index contributed by atoms with van der Waals surface area (Å²) in [7, 11) is -3.83. The fraction of sp³-hybridized carbons (Fsp3) is 0.462. The summed E-state index contributed by atoms with van der Waals surface area (Å²) in [5, 5.41) is 9.10. The van der Waals surface area contributed by atoms with Crippen LogP contribution >= 0.6 is 11.8 Å². The average molecular weight is 317 g/mol. The molecule has 1 aromatic carbocycles. The molecule has 0 saturated carbocycles. The van der Waals surface area contributed by atoms with Crippen molar-refractivity contribution < 1.29 is 18.3 Å². The molecular formula is C13H19NO4S2. The molecule has 1 aromatic rings. The normalized spacial score (nSPS) is 13.1. The van der Waals surface area contributed by atoms with Gasteiger partial charge >= 0.3 is 5.97 Å². The zero-order valence-corrected chi connectivity index (χ0v) is 13.1. The summed E-state index contributed by atoms with van der Waals surface area (Å²) in [6.07, 6.45) is 3.53. The SMILES string of the molecule is CCCCC(NS(=O)(=O)c1ccccc1SC)C(=O)O. The molecule has 2 N–H and O–H groups in total. The smallest absolute Gasteiger partial charge is 0.321 e. The standard InChI is InChI=1S/C13H19NO4S2/c1-3-4-7-10(13(15)16)14-20(17,18)12-9-6-5-8-11(12)19-2/h5-6,8-10,14H,3-4,7H2,1-2H3,(H,15,16). The zero-order chi connectivity index (χ0) is 15.2. The van der Waals surface area contributed by atoms with Gasteiger partial charge in [-0.3, -0.25) is 4.79 Å². The van der Waals surface area contributed by atoms with E-state index in [1.54, 1.807) is 24.5 Å². The van der Waals surface area contributed by atoms with Crippen molar-refractivity contribution in [3.8, 4) is 0 Å². The molecule has 0 aliphatic carbocycles. The van der Waals surface area contributed by atoms with E-state index in [0.29, 0.717) is 11.3 Å². The van der Waals surface area contributed by atoms with Crippen molar-refractivity contribution in [2.24, 2.45) is 0 Å². The number of thioether (sulfide) groups is 1. The number of benzene rings is 1. The summed E-state index contributed by atoms with van der Waals surface area (Å²) in [5.41, 5.74) is 0. The maximum atomic E-state index is 12.3. The number of carboxylic acids is 1. The molecule has 1 rings (SSSR count). The molecule has 0 amide bonds. The molecule has 0 aliphatic rings. The van der Waals surface area contributed by atoms with Crippen LogP contribution in [-0.4, -0.2) is 31.8 Å². The van der Waals surface area contributed by atoms with Crippen LogP contribution in [0.1, 0.15) is 26.2 Å². The second kappa shape index (κ2) is 7.66. The summed E-state index contributed by atoms with van der Waals surface area (Å²) >= 11 is 1.31.